The van der Waals surface area contributed by atoms with Crippen LogP contribution in [-0.2, 0) is 5.41 Å². The van der Waals surface area contributed by atoms with Crippen molar-refractivity contribution >= 4 is 88.2 Å². The number of benzene rings is 12. The van der Waals surface area contributed by atoms with Crippen molar-refractivity contribution < 1.29 is 0 Å². The second kappa shape index (κ2) is 17.9. The number of anilines is 6. The maximum Gasteiger partial charge on any atom is 0.0541 e. The van der Waals surface area contributed by atoms with E-state index in [-0.39, 0.29) is 5.41 Å². The van der Waals surface area contributed by atoms with Gasteiger partial charge in [0.15, 0.2) is 0 Å². The van der Waals surface area contributed by atoms with Gasteiger partial charge in [-0.2, -0.15) is 0 Å². The van der Waals surface area contributed by atoms with Crippen molar-refractivity contribution in [2.24, 2.45) is 0 Å². The van der Waals surface area contributed by atoms with Gasteiger partial charge in [0, 0.05) is 50.6 Å². The normalized spacial score (nSPS) is 11.8. The summed E-state index contributed by atoms with van der Waals surface area (Å²) in [5.74, 6) is 0. The molecule has 0 aliphatic carbocycles. The molecule has 0 unspecified atom stereocenters. The van der Waals surface area contributed by atoms with Gasteiger partial charge < -0.3 is 14.4 Å². The predicted octanol–water partition coefficient (Wildman–Crippen LogP) is 19.8. The highest BCUT2D eigenvalue weighted by atomic mass is 15.2. The van der Waals surface area contributed by atoms with Crippen LogP contribution in [-0.4, -0.2) is 4.57 Å². The Labute approximate surface area is 427 Å². The third kappa shape index (κ3) is 7.87. The number of rotatable bonds is 9. The molecule has 0 aliphatic heterocycles. The smallest absolute Gasteiger partial charge is 0.0541 e. The van der Waals surface area contributed by atoms with Crippen molar-refractivity contribution in [1.82, 2.24) is 4.57 Å². The highest BCUT2D eigenvalue weighted by molar-refractivity contribution is 6.26. The van der Waals surface area contributed by atoms with Crippen LogP contribution in [0.4, 0.5) is 34.1 Å². The molecule has 0 N–H and O–H groups in total. The molecule has 13 rings (SSSR count). The van der Waals surface area contributed by atoms with E-state index in [1.165, 1.54) is 81.9 Å². The first-order valence-electron chi connectivity index (χ1n) is 25.3. The van der Waals surface area contributed by atoms with E-state index in [4.69, 9.17) is 0 Å². The summed E-state index contributed by atoms with van der Waals surface area (Å²) in [6.07, 6.45) is 0. The molecule has 12 aromatic carbocycles. The topological polar surface area (TPSA) is 11.4 Å². The Kier molecular flexibility index (Phi) is 10.7. The van der Waals surface area contributed by atoms with Gasteiger partial charge in [-0.05, 0) is 150 Å². The van der Waals surface area contributed by atoms with Gasteiger partial charge >= 0.3 is 0 Å². The fraction of sp³-hybridized carbons (Fsp3) is 0.0571. The van der Waals surface area contributed by atoms with E-state index in [0.29, 0.717) is 0 Å². The summed E-state index contributed by atoms with van der Waals surface area (Å²) in [7, 11) is 0. The number of hydrogen-bond donors (Lipinski definition) is 0. The van der Waals surface area contributed by atoms with Crippen LogP contribution in [0.1, 0.15) is 26.3 Å². The van der Waals surface area contributed by atoms with E-state index >= 15 is 0 Å². The minimum Gasteiger partial charge on any atom is -0.310 e. The lowest BCUT2D eigenvalue weighted by atomic mass is 9.86. The zero-order valence-electron chi connectivity index (χ0n) is 41.2. The second-order valence-electron chi connectivity index (χ2n) is 20.2. The molecule has 0 bridgehead atoms. The molecule has 0 radical (unpaired) electrons. The Bertz CT molecular complexity index is 3990. The monoisotopic (exact) mass is 935 g/mol. The van der Waals surface area contributed by atoms with Crippen LogP contribution in [0, 0.1) is 0 Å². The van der Waals surface area contributed by atoms with Crippen LogP contribution >= 0.6 is 0 Å². The molecule has 0 saturated carbocycles. The molecule has 0 fully saturated rings. The molecular weight excluding hydrogens is 883 g/mol. The van der Waals surface area contributed by atoms with Crippen molar-refractivity contribution in [2.45, 2.75) is 26.2 Å². The second-order valence-corrected chi connectivity index (χ2v) is 20.2. The fourth-order valence-corrected chi connectivity index (χ4v) is 11.1. The Morgan fingerprint density at radius 3 is 1.14 bits per heavy atom. The molecular formula is C70H53N3. The maximum absolute atomic E-state index is 2.48. The van der Waals surface area contributed by atoms with Crippen LogP contribution in [0.25, 0.3) is 82.1 Å². The Hall–Kier alpha value is -9.18. The number of hydrogen-bond acceptors (Lipinski definition) is 2. The van der Waals surface area contributed by atoms with E-state index in [1.807, 2.05) is 0 Å². The molecule has 0 spiro atoms. The highest BCUT2D eigenvalue weighted by Crippen LogP contribution is 2.46. The Morgan fingerprint density at radius 1 is 0.260 bits per heavy atom. The Balaban J connectivity index is 1.06. The maximum atomic E-state index is 2.48. The molecule has 0 amide bonds. The van der Waals surface area contributed by atoms with Gasteiger partial charge in [0.05, 0.1) is 11.0 Å². The van der Waals surface area contributed by atoms with Gasteiger partial charge in [0.25, 0.3) is 0 Å². The average Bonchev–Trinajstić information content (AvgIpc) is 3.78. The van der Waals surface area contributed by atoms with E-state index < -0.39 is 0 Å². The molecule has 1 aromatic heterocycles. The van der Waals surface area contributed by atoms with Gasteiger partial charge in [-0.15, -0.1) is 0 Å². The van der Waals surface area contributed by atoms with Gasteiger partial charge in [0.2, 0.25) is 0 Å². The lowest BCUT2D eigenvalue weighted by molar-refractivity contribution is 0.590. The number of aromatic nitrogens is 1. The minimum absolute atomic E-state index is 0.195. The van der Waals surface area contributed by atoms with Crippen molar-refractivity contribution in [3.8, 4) is 27.9 Å². The molecule has 73 heavy (non-hydrogen) atoms. The molecule has 0 aliphatic rings. The first-order valence-corrected chi connectivity index (χ1v) is 25.3. The summed E-state index contributed by atoms with van der Waals surface area (Å²) >= 11 is 0. The Morgan fingerprint density at radius 2 is 0.644 bits per heavy atom. The zero-order valence-corrected chi connectivity index (χ0v) is 41.2. The SMILES string of the molecule is CC(C)(C)c1cc(N(c2ccc(-c3ccccc3)cc2)c2ccc(-c3ccccc3)cc2)cc(N(c2cccc(-n3c4ccccc4c4ccccc43)c2)c2ccc3c4ccccc4c4ccccc4c3c2)c1. The summed E-state index contributed by atoms with van der Waals surface area (Å²) in [5.41, 5.74) is 15.7. The zero-order chi connectivity index (χ0) is 49.0. The molecule has 13 aromatic rings. The van der Waals surface area contributed by atoms with E-state index in [2.05, 4.69) is 302 Å². The van der Waals surface area contributed by atoms with Crippen LogP contribution in [0.2, 0.25) is 0 Å². The lowest BCUT2D eigenvalue weighted by Gasteiger charge is -2.32. The molecule has 348 valence electrons. The highest BCUT2D eigenvalue weighted by Gasteiger charge is 2.25. The van der Waals surface area contributed by atoms with Crippen molar-refractivity contribution in [3.63, 3.8) is 0 Å². The van der Waals surface area contributed by atoms with Crippen LogP contribution in [0.5, 0.6) is 0 Å². The number of fused-ring (bicyclic) bond motifs is 9. The van der Waals surface area contributed by atoms with Gasteiger partial charge in [-0.1, -0.05) is 203 Å². The summed E-state index contributed by atoms with van der Waals surface area (Å²) in [6, 6.07) is 98.0. The summed E-state index contributed by atoms with van der Waals surface area (Å²) in [6.45, 7) is 6.97. The minimum atomic E-state index is -0.195. The third-order valence-electron chi connectivity index (χ3n) is 14.7. The van der Waals surface area contributed by atoms with Crippen molar-refractivity contribution in [2.75, 3.05) is 9.80 Å². The predicted molar refractivity (Wildman–Crippen MR) is 312 cm³/mol. The summed E-state index contributed by atoms with van der Waals surface area (Å²) in [5, 5.41) is 9.97. The van der Waals surface area contributed by atoms with Crippen molar-refractivity contribution in [1.29, 1.82) is 0 Å². The number of nitrogens with zero attached hydrogens (tertiary/aromatic N) is 3. The average molecular weight is 936 g/mol. The molecule has 0 atom stereocenters. The van der Waals surface area contributed by atoms with Gasteiger partial charge in [0.1, 0.15) is 0 Å². The molecule has 0 saturated heterocycles. The van der Waals surface area contributed by atoms with E-state index in [0.717, 1.165) is 39.8 Å². The molecule has 3 nitrogen and oxygen atoms in total. The largest absolute Gasteiger partial charge is 0.310 e. The molecule has 3 heteroatoms. The lowest BCUT2D eigenvalue weighted by Crippen LogP contribution is -2.18. The fourth-order valence-electron chi connectivity index (χ4n) is 11.1. The van der Waals surface area contributed by atoms with Crippen LogP contribution < -0.4 is 9.80 Å². The van der Waals surface area contributed by atoms with Crippen molar-refractivity contribution in [3.05, 3.63) is 272 Å². The third-order valence-corrected chi connectivity index (χ3v) is 14.7. The number of para-hydroxylation sites is 2. The first kappa shape index (κ1) is 43.8. The van der Waals surface area contributed by atoms with Crippen LogP contribution in [0.15, 0.2) is 267 Å². The standard InChI is InChI=1S/C70H53N3/c1-70(2,3)52-43-58(71(53-37-33-50(34-38-53)48-19-6-4-7-20-48)54-39-35-51(36-40-54)49-21-8-5-9-22-49)46-59(44-52)72(57-41-42-64-62-27-11-10-25-60(62)61-26-12-13-28-63(61)67(64)47-57)55-23-18-24-56(45-55)73-68-31-16-14-29-65(68)66-30-15-17-32-69(66)73/h4-47H,1-3H3. The quantitative estimate of drug-likeness (QED) is 0.134. The summed E-state index contributed by atoms with van der Waals surface area (Å²) in [4.78, 5) is 4.91. The van der Waals surface area contributed by atoms with E-state index in [9.17, 15) is 0 Å². The first-order chi connectivity index (χ1) is 35.8. The van der Waals surface area contributed by atoms with Gasteiger partial charge in [-0.25, -0.2) is 0 Å². The van der Waals surface area contributed by atoms with Gasteiger partial charge in [-0.3, -0.25) is 0 Å². The van der Waals surface area contributed by atoms with E-state index in [1.54, 1.807) is 0 Å². The van der Waals surface area contributed by atoms with Crippen LogP contribution in [0.3, 0.4) is 0 Å². The summed E-state index contributed by atoms with van der Waals surface area (Å²) < 4.78 is 2.42. The molecule has 1 heterocycles.